The van der Waals surface area contributed by atoms with Crippen molar-refractivity contribution in [1.82, 2.24) is 5.32 Å². The van der Waals surface area contributed by atoms with Gasteiger partial charge in [-0.25, -0.2) is 4.39 Å². The van der Waals surface area contributed by atoms with Crippen molar-refractivity contribution >= 4 is 40.5 Å². The van der Waals surface area contributed by atoms with Crippen LogP contribution in [-0.2, 0) is 4.79 Å². The minimum atomic E-state index is -0.373. The van der Waals surface area contributed by atoms with E-state index in [1.54, 1.807) is 24.3 Å². The molecule has 0 spiro atoms. The van der Waals surface area contributed by atoms with Crippen molar-refractivity contribution < 1.29 is 14.0 Å². The number of hydrogen-bond acceptors (Lipinski definition) is 3. The van der Waals surface area contributed by atoms with Gasteiger partial charge in [-0.3, -0.25) is 9.59 Å². The van der Waals surface area contributed by atoms with Gasteiger partial charge in [0.15, 0.2) is 5.11 Å². The first kappa shape index (κ1) is 19.5. The molecule has 0 aromatic heterocycles. The fourth-order valence-corrected chi connectivity index (χ4v) is 2.42. The molecule has 0 aliphatic heterocycles. The Labute approximate surface area is 157 Å². The molecule has 2 aromatic rings. The molecule has 0 saturated carbocycles. The lowest BCUT2D eigenvalue weighted by Crippen LogP contribution is -2.34. The molecule has 0 aliphatic carbocycles. The molecule has 0 aliphatic rings. The molecule has 2 aromatic carbocycles. The third-order valence-corrected chi connectivity index (χ3v) is 3.54. The van der Waals surface area contributed by atoms with Crippen molar-refractivity contribution in [2.75, 3.05) is 10.6 Å². The van der Waals surface area contributed by atoms with Crippen molar-refractivity contribution in [1.29, 1.82) is 0 Å². The Kier molecular flexibility index (Phi) is 6.80. The topological polar surface area (TPSA) is 70.2 Å². The number of halogens is 1. The first-order chi connectivity index (χ1) is 12.3. The van der Waals surface area contributed by atoms with Crippen molar-refractivity contribution in [3.63, 3.8) is 0 Å². The van der Waals surface area contributed by atoms with E-state index in [2.05, 4.69) is 16.0 Å². The maximum Gasteiger partial charge on any atom is 0.255 e. The molecule has 136 valence electrons. The third-order valence-electron chi connectivity index (χ3n) is 3.33. The Morgan fingerprint density at radius 3 is 2.38 bits per heavy atom. The zero-order chi connectivity index (χ0) is 19.1. The van der Waals surface area contributed by atoms with Crippen LogP contribution in [0.3, 0.4) is 0 Å². The molecule has 3 N–H and O–H groups in total. The summed E-state index contributed by atoms with van der Waals surface area (Å²) in [5, 5.41) is 8.34. The van der Waals surface area contributed by atoms with E-state index >= 15 is 0 Å². The molecule has 0 fully saturated rings. The van der Waals surface area contributed by atoms with Crippen LogP contribution in [0, 0.1) is 11.7 Å². The molecule has 2 amide bonds. The number of hydrogen-bond donors (Lipinski definition) is 3. The number of rotatable bonds is 5. The van der Waals surface area contributed by atoms with E-state index in [1.165, 1.54) is 24.3 Å². The minimum Gasteiger partial charge on any atom is -0.332 e. The molecule has 5 nitrogen and oxygen atoms in total. The third kappa shape index (κ3) is 6.25. The van der Waals surface area contributed by atoms with Crippen LogP contribution in [0.4, 0.5) is 15.8 Å². The number of nitrogens with one attached hydrogen (secondary N) is 3. The van der Waals surface area contributed by atoms with Crippen LogP contribution in [0.5, 0.6) is 0 Å². The van der Waals surface area contributed by atoms with Gasteiger partial charge in [-0.2, -0.15) is 0 Å². The van der Waals surface area contributed by atoms with Gasteiger partial charge < -0.3 is 16.0 Å². The molecule has 7 heteroatoms. The van der Waals surface area contributed by atoms with E-state index < -0.39 is 0 Å². The second-order valence-electron chi connectivity index (χ2n) is 6.14. The normalized spacial score (nSPS) is 10.3. The zero-order valence-electron chi connectivity index (χ0n) is 14.5. The number of carbonyl (C=O) groups excluding carboxylic acids is 2. The lowest BCUT2D eigenvalue weighted by molar-refractivity contribution is -0.120. The summed E-state index contributed by atoms with van der Waals surface area (Å²) in [6.07, 6.45) is 0.377. The smallest absolute Gasteiger partial charge is 0.255 e. The molecule has 0 bridgehead atoms. The average molecular weight is 373 g/mol. The molecule has 0 unspecified atom stereocenters. The van der Waals surface area contributed by atoms with Crippen LogP contribution in [0.1, 0.15) is 30.6 Å². The summed E-state index contributed by atoms with van der Waals surface area (Å²) < 4.78 is 12.9. The van der Waals surface area contributed by atoms with Gasteiger partial charge in [-0.15, -0.1) is 0 Å². The summed E-state index contributed by atoms with van der Waals surface area (Å²) in [6, 6.07) is 12.2. The molecular weight excluding hydrogens is 353 g/mol. The van der Waals surface area contributed by atoms with Gasteiger partial charge in [0.25, 0.3) is 5.91 Å². The summed E-state index contributed by atoms with van der Waals surface area (Å²) in [5.41, 5.74) is 1.47. The molecule has 0 saturated heterocycles. The molecule has 26 heavy (non-hydrogen) atoms. The highest BCUT2D eigenvalue weighted by atomic mass is 32.1. The molecule has 0 atom stereocenters. The van der Waals surface area contributed by atoms with Crippen LogP contribution in [0.15, 0.2) is 48.5 Å². The molecule has 0 heterocycles. The lowest BCUT2D eigenvalue weighted by atomic mass is 10.1. The SMILES string of the molecule is CC(C)CC(=O)NC(=S)Nc1cccc(C(=O)Nc2ccc(F)cc2)c1. The summed E-state index contributed by atoms with van der Waals surface area (Å²) >= 11 is 5.11. The van der Waals surface area contributed by atoms with Gasteiger partial charge in [0.2, 0.25) is 5.91 Å². The maximum absolute atomic E-state index is 12.9. The Morgan fingerprint density at radius 1 is 1.04 bits per heavy atom. The highest BCUT2D eigenvalue weighted by molar-refractivity contribution is 7.80. The second-order valence-corrected chi connectivity index (χ2v) is 6.55. The van der Waals surface area contributed by atoms with Crippen LogP contribution in [-0.4, -0.2) is 16.9 Å². The van der Waals surface area contributed by atoms with Crippen LogP contribution in [0.2, 0.25) is 0 Å². The van der Waals surface area contributed by atoms with Gasteiger partial charge in [-0.05, 0) is 60.6 Å². The Bertz CT molecular complexity index is 807. The highest BCUT2D eigenvalue weighted by Gasteiger charge is 2.10. The van der Waals surface area contributed by atoms with Gasteiger partial charge in [0.05, 0.1) is 0 Å². The van der Waals surface area contributed by atoms with Crippen LogP contribution >= 0.6 is 12.2 Å². The fourth-order valence-electron chi connectivity index (χ4n) is 2.19. The number of thiocarbonyl (C=S) groups is 1. The summed E-state index contributed by atoms with van der Waals surface area (Å²) in [4.78, 5) is 24.0. The fraction of sp³-hybridized carbons (Fsp3) is 0.211. The first-order valence-corrected chi connectivity index (χ1v) is 8.52. The molecule has 0 radical (unpaired) electrons. The van der Waals surface area contributed by atoms with E-state index in [0.717, 1.165) is 0 Å². The number of anilines is 2. The maximum atomic E-state index is 12.9. The van der Waals surface area contributed by atoms with Gasteiger partial charge in [0.1, 0.15) is 5.82 Å². The first-order valence-electron chi connectivity index (χ1n) is 8.11. The van der Waals surface area contributed by atoms with Gasteiger partial charge in [-0.1, -0.05) is 19.9 Å². The summed E-state index contributed by atoms with van der Waals surface area (Å²) in [5.74, 6) is -0.642. The standard InChI is InChI=1S/C19H20FN3O2S/c1-12(2)10-17(24)23-19(26)22-16-5-3-4-13(11-16)18(25)21-15-8-6-14(20)7-9-15/h3-9,11-12H,10H2,1-2H3,(H,21,25)(H2,22,23,24,26). The van der Waals surface area contributed by atoms with Crippen molar-refractivity contribution in [2.45, 2.75) is 20.3 Å². The zero-order valence-corrected chi connectivity index (χ0v) is 15.3. The summed E-state index contributed by atoms with van der Waals surface area (Å²) in [6.45, 7) is 3.89. The average Bonchev–Trinajstić information content (AvgIpc) is 2.56. The van der Waals surface area contributed by atoms with E-state index in [-0.39, 0.29) is 28.7 Å². The quantitative estimate of drug-likeness (QED) is 0.695. The predicted molar refractivity (Wildman–Crippen MR) is 105 cm³/mol. The lowest BCUT2D eigenvalue weighted by Gasteiger charge is -2.12. The Morgan fingerprint density at radius 2 is 1.73 bits per heavy atom. The van der Waals surface area contributed by atoms with Crippen molar-refractivity contribution in [2.24, 2.45) is 5.92 Å². The van der Waals surface area contributed by atoms with Crippen LogP contribution < -0.4 is 16.0 Å². The molecule has 2 rings (SSSR count). The predicted octanol–water partition coefficient (Wildman–Crippen LogP) is 3.94. The van der Waals surface area contributed by atoms with Crippen molar-refractivity contribution in [3.05, 3.63) is 59.9 Å². The number of carbonyl (C=O) groups is 2. The second kappa shape index (κ2) is 9.05. The Balaban J connectivity index is 1.98. The van der Waals surface area contributed by atoms with Gasteiger partial charge in [0, 0.05) is 23.4 Å². The van der Waals surface area contributed by atoms with Crippen LogP contribution in [0.25, 0.3) is 0 Å². The largest absolute Gasteiger partial charge is 0.332 e. The van der Waals surface area contributed by atoms with Crippen molar-refractivity contribution in [3.8, 4) is 0 Å². The summed E-state index contributed by atoms with van der Waals surface area (Å²) in [7, 11) is 0. The molecular formula is C19H20FN3O2S. The van der Waals surface area contributed by atoms with E-state index in [4.69, 9.17) is 12.2 Å². The van der Waals surface area contributed by atoms with E-state index in [0.29, 0.717) is 23.4 Å². The van der Waals surface area contributed by atoms with E-state index in [1.807, 2.05) is 13.8 Å². The van der Waals surface area contributed by atoms with E-state index in [9.17, 15) is 14.0 Å². The van der Waals surface area contributed by atoms with Gasteiger partial charge >= 0.3 is 0 Å². The minimum absolute atomic E-state index is 0.164. The number of amides is 2. The Hall–Kier alpha value is -2.80. The number of benzene rings is 2. The monoisotopic (exact) mass is 373 g/mol. The highest BCUT2D eigenvalue weighted by Crippen LogP contribution is 2.14.